The lowest BCUT2D eigenvalue weighted by Gasteiger charge is -2.16. The maximum atomic E-state index is 13.3. The molecule has 1 aliphatic rings. The third kappa shape index (κ3) is 3.55. The minimum absolute atomic E-state index is 0.364. The van der Waals surface area contributed by atoms with Crippen molar-refractivity contribution in [3.05, 3.63) is 80.1 Å². The van der Waals surface area contributed by atoms with Gasteiger partial charge in [0.15, 0.2) is 0 Å². The van der Waals surface area contributed by atoms with Crippen molar-refractivity contribution in [2.75, 3.05) is 5.43 Å². The number of hydrogen-bond acceptors (Lipinski definition) is 5. The van der Waals surface area contributed by atoms with Crippen molar-refractivity contribution < 1.29 is 9.90 Å². The molecule has 2 N–H and O–H groups in total. The summed E-state index contributed by atoms with van der Waals surface area (Å²) in [6, 6.07) is 12.4. The molecule has 0 fully saturated rings. The predicted molar refractivity (Wildman–Crippen MR) is 131 cm³/mol. The van der Waals surface area contributed by atoms with E-state index in [2.05, 4.69) is 17.3 Å². The van der Waals surface area contributed by atoms with Crippen LogP contribution >= 0.6 is 0 Å². The number of carbonyl (C=O) groups is 1. The first-order chi connectivity index (χ1) is 16.5. The van der Waals surface area contributed by atoms with Gasteiger partial charge in [0.2, 0.25) is 0 Å². The van der Waals surface area contributed by atoms with Gasteiger partial charge in [-0.15, -0.1) is 0 Å². The van der Waals surface area contributed by atoms with Crippen LogP contribution in [0, 0.1) is 0 Å². The second-order valence-corrected chi connectivity index (χ2v) is 8.68. The van der Waals surface area contributed by atoms with Gasteiger partial charge in [0.05, 0.1) is 16.4 Å². The number of carbonyl (C=O) groups excluding carboxylic acids is 1. The predicted octanol–water partition coefficient (Wildman–Crippen LogP) is 3.48. The molecule has 0 radical (unpaired) electrons. The van der Waals surface area contributed by atoms with Crippen molar-refractivity contribution >= 4 is 27.7 Å². The van der Waals surface area contributed by atoms with E-state index in [0.29, 0.717) is 47.0 Å². The SMILES string of the molecule is CCCCCCc1nc2ccccc2c(=O)n1NC(=O)c1c(O)c2cccc3c2n(c1=O)CC3. The lowest BCUT2D eigenvalue weighted by atomic mass is 10.1. The minimum Gasteiger partial charge on any atom is -0.506 e. The van der Waals surface area contributed by atoms with Crippen molar-refractivity contribution in [1.82, 2.24) is 14.2 Å². The normalized spacial score (nSPS) is 12.5. The third-order valence-corrected chi connectivity index (χ3v) is 6.48. The topological polar surface area (TPSA) is 106 Å². The van der Waals surface area contributed by atoms with Crippen LogP contribution in [-0.2, 0) is 19.4 Å². The van der Waals surface area contributed by atoms with Gasteiger partial charge in [-0.3, -0.25) is 19.8 Å². The zero-order valence-electron chi connectivity index (χ0n) is 19.0. The maximum absolute atomic E-state index is 13.3. The average Bonchev–Trinajstić information content (AvgIpc) is 3.28. The smallest absolute Gasteiger partial charge is 0.280 e. The average molecular weight is 459 g/mol. The lowest BCUT2D eigenvalue weighted by Crippen LogP contribution is -2.39. The van der Waals surface area contributed by atoms with Crippen LogP contribution in [0.5, 0.6) is 5.75 Å². The molecule has 1 aliphatic heterocycles. The first-order valence-electron chi connectivity index (χ1n) is 11.7. The van der Waals surface area contributed by atoms with E-state index in [1.54, 1.807) is 30.3 Å². The van der Waals surface area contributed by atoms with Crippen molar-refractivity contribution in [2.24, 2.45) is 0 Å². The van der Waals surface area contributed by atoms with E-state index >= 15 is 0 Å². The number of aromatic hydroxyl groups is 1. The third-order valence-electron chi connectivity index (χ3n) is 6.48. The lowest BCUT2D eigenvalue weighted by molar-refractivity contribution is 0.100. The van der Waals surface area contributed by atoms with Crippen LogP contribution in [0.25, 0.3) is 21.8 Å². The highest BCUT2D eigenvalue weighted by Crippen LogP contribution is 2.32. The Hall–Kier alpha value is -3.94. The molecule has 4 aromatic rings. The molecule has 2 aromatic carbocycles. The number of para-hydroxylation sites is 2. The van der Waals surface area contributed by atoms with E-state index in [4.69, 9.17) is 0 Å². The summed E-state index contributed by atoms with van der Waals surface area (Å²) in [6.07, 6.45) is 5.09. The molecular weight excluding hydrogens is 432 g/mol. The van der Waals surface area contributed by atoms with Gasteiger partial charge in [0.1, 0.15) is 17.1 Å². The zero-order chi connectivity index (χ0) is 23.8. The van der Waals surface area contributed by atoms with Gasteiger partial charge in [-0.2, -0.15) is 0 Å². The minimum atomic E-state index is -0.834. The molecule has 34 heavy (non-hydrogen) atoms. The largest absolute Gasteiger partial charge is 0.506 e. The number of aromatic nitrogens is 3. The van der Waals surface area contributed by atoms with Gasteiger partial charge in [-0.25, -0.2) is 9.66 Å². The number of nitrogens with zero attached hydrogens (tertiary/aromatic N) is 3. The van der Waals surface area contributed by atoms with Gasteiger partial charge in [-0.05, 0) is 36.6 Å². The highest BCUT2D eigenvalue weighted by atomic mass is 16.3. The van der Waals surface area contributed by atoms with Crippen molar-refractivity contribution in [1.29, 1.82) is 0 Å². The molecular formula is C26H26N4O4. The second-order valence-electron chi connectivity index (χ2n) is 8.68. The summed E-state index contributed by atoms with van der Waals surface area (Å²) in [5, 5.41) is 11.7. The molecule has 0 bridgehead atoms. The Morgan fingerprint density at radius 2 is 1.82 bits per heavy atom. The second kappa shape index (κ2) is 8.78. The molecule has 3 heterocycles. The quantitative estimate of drug-likeness (QED) is 0.413. The van der Waals surface area contributed by atoms with Crippen LogP contribution in [0.15, 0.2) is 52.1 Å². The number of amides is 1. The zero-order valence-corrected chi connectivity index (χ0v) is 19.0. The fraction of sp³-hybridized carbons (Fsp3) is 0.308. The van der Waals surface area contributed by atoms with Crippen LogP contribution in [0.3, 0.4) is 0 Å². The standard InChI is InChI=1S/C26H26N4O4/c1-2-3-4-5-13-20-27-19-12-7-6-10-17(19)25(33)30(20)28-24(32)21-23(31)18-11-8-9-16-14-15-29(22(16)18)26(21)34/h6-12,31H,2-5,13-15H2,1H3,(H,28,32). The fourth-order valence-corrected chi connectivity index (χ4v) is 4.75. The Labute approximate surface area is 195 Å². The molecule has 0 spiro atoms. The van der Waals surface area contributed by atoms with Gasteiger partial charge >= 0.3 is 0 Å². The van der Waals surface area contributed by atoms with E-state index in [0.717, 1.165) is 35.9 Å². The molecule has 5 rings (SSSR count). The highest BCUT2D eigenvalue weighted by molar-refractivity contribution is 6.06. The van der Waals surface area contributed by atoms with Crippen LogP contribution < -0.4 is 16.5 Å². The first-order valence-corrected chi connectivity index (χ1v) is 11.7. The van der Waals surface area contributed by atoms with Crippen LogP contribution in [0.1, 0.15) is 54.4 Å². The van der Waals surface area contributed by atoms with E-state index in [9.17, 15) is 19.5 Å². The van der Waals surface area contributed by atoms with Gasteiger partial charge in [0, 0.05) is 18.4 Å². The Morgan fingerprint density at radius 1 is 1.03 bits per heavy atom. The number of benzene rings is 2. The Kier molecular flexibility index (Phi) is 5.65. The monoisotopic (exact) mass is 458 g/mol. The van der Waals surface area contributed by atoms with Crippen LogP contribution in [-0.4, -0.2) is 25.2 Å². The number of rotatable bonds is 7. The maximum Gasteiger partial charge on any atom is 0.280 e. The van der Waals surface area contributed by atoms with E-state index < -0.39 is 17.0 Å². The molecule has 0 saturated carbocycles. The number of nitrogens with one attached hydrogen (secondary N) is 1. The Bertz CT molecular complexity index is 1550. The molecule has 0 unspecified atom stereocenters. The molecule has 1 amide bonds. The summed E-state index contributed by atoms with van der Waals surface area (Å²) in [6.45, 7) is 2.56. The number of unbranched alkanes of at least 4 members (excludes halogenated alkanes) is 3. The first kappa shape index (κ1) is 21.9. The van der Waals surface area contributed by atoms with E-state index in [1.807, 2.05) is 12.1 Å². The summed E-state index contributed by atoms with van der Waals surface area (Å²) < 4.78 is 2.65. The van der Waals surface area contributed by atoms with Crippen molar-refractivity contribution in [2.45, 2.75) is 52.0 Å². The summed E-state index contributed by atoms with van der Waals surface area (Å²) in [7, 11) is 0. The summed E-state index contributed by atoms with van der Waals surface area (Å²) in [5.74, 6) is -0.788. The molecule has 8 nitrogen and oxygen atoms in total. The van der Waals surface area contributed by atoms with Gasteiger partial charge in [0.25, 0.3) is 17.0 Å². The molecule has 8 heteroatoms. The van der Waals surface area contributed by atoms with Gasteiger partial charge < -0.3 is 9.67 Å². The summed E-state index contributed by atoms with van der Waals surface area (Å²) in [5.41, 5.74) is 3.38. The number of pyridine rings is 1. The number of aryl methyl sites for hydroxylation is 3. The Morgan fingerprint density at radius 3 is 2.65 bits per heavy atom. The van der Waals surface area contributed by atoms with Crippen LogP contribution in [0.4, 0.5) is 0 Å². The van der Waals surface area contributed by atoms with Gasteiger partial charge in [-0.1, -0.05) is 50.5 Å². The van der Waals surface area contributed by atoms with E-state index in [-0.39, 0.29) is 11.3 Å². The van der Waals surface area contributed by atoms with Crippen molar-refractivity contribution in [3.63, 3.8) is 0 Å². The molecule has 2 aromatic heterocycles. The summed E-state index contributed by atoms with van der Waals surface area (Å²) >= 11 is 0. The number of hydrogen-bond donors (Lipinski definition) is 2. The number of fused-ring (bicyclic) bond motifs is 1. The molecule has 0 saturated heterocycles. The molecule has 174 valence electrons. The van der Waals surface area contributed by atoms with Crippen molar-refractivity contribution in [3.8, 4) is 5.75 Å². The molecule has 0 atom stereocenters. The molecule has 0 aliphatic carbocycles. The van der Waals surface area contributed by atoms with Crippen LogP contribution in [0.2, 0.25) is 0 Å². The fourth-order valence-electron chi connectivity index (χ4n) is 4.75. The van der Waals surface area contributed by atoms with E-state index in [1.165, 1.54) is 4.57 Å². The highest BCUT2D eigenvalue weighted by Gasteiger charge is 2.27. The Balaban J connectivity index is 1.59. The summed E-state index contributed by atoms with van der Waals surface area (Å²) in [4.78, 5) is 44.4.